The first kappa shape index (κ1) is 14.7. The Kier molecular flexibility index (Phi) is 5.24. The highest BCUT2D eigenvalue weighted by Crippen LogP contribution is 2.31. The summed E-state index contributed by atoms with van der Waals surface area (Å²) in [5, 5.41) is 2.79. The van der Waals surface area contributed by atoms with Crippen molar-refractivity contribution in [3.05, 3.63) is 24.3 Å². The standard InChI is InChI=1S/C15H22N2O3/c1-2-19-12-5-7-13(8-6-12)20-10-15(18)17-9-14(16)11-3-4-11/h5-8,11,14H,2-4,9-10,16H2,1H3,(H,17,18). The lowest BCUT2D eigenvalue weighted by molar-refractivity contribution is -0.123. The maximum absolute atomic E-state index is 11.6. The largest absolute Gasteiger partial charge is 0.494 e. The van der Waals surface area contributed by atoms with E-state index in [-0.39, 0.29) is 18.6 Å². The minimum Gasteiger partial charge on any atom is -0.494 e. The van der Waals surface area contributed by atoms with Crippen molar-refractivity contribution >= 4 is 5.91 Å². The van der Waals surface area contributed by atoms with Crippen LogP contribution in [0.1, 0.15) is 19.8 Å². The molecule has 0 saturated heterocycles. The number of nitrogens with two attached hydrogens (primary N) is 1. The zero-order chi connectivity index (χ0) is 14.4. The van der Waals surface area contributed by atoms with E-state index in [1.165, 1.54) is 12.8 Å². The number of hydrogen-bond acceptors (Lipinski definition) is 4. The molecule has 20 heavy (non-hydrogen) atoms. The van der Waals surface area contributed by atoms with Crippen LogP contribution in [0.4, 0.5) is 0 Å². The molecule has 1 saturated carbocycles. The van der Waals surface area contributed by atoms with Crippen molar-refractivity contribution in [1.29, 1.82) is 0 Å². The lowest BCUT2D eigenvalue weighted by Gasteiger charge is -2.12. The number of amides is 1. The van der Waals surface area contributed by atoms with E-state index in [4.69, 9.17) is 15.2 Å². The Labute approximate surface area is 119 Å². The minimum atomic E-state index is -0.144. The molecular formula is C15H22N2O3. The van der Waals surface area contributed by atoms with Crippen LogP contribution >= 0.6 is 0 Å². The summed E-state index contributed by atoms with van der Waals surface area (Å²) in [5.41, 5.74) is 5.91. The third-order valence-corrected chi connectivity index (χ3v) is 3.27. The molecule has 1 fully saturated rings. The highest BCUT2D eigenvalue weighted by Gasteiger charge is 2.28. The second-order valence-electron chi connectivity index (χ2n) is 5.00. The SMILES string of the molecule is CCOc1ccc(OCC(=O)NCC(N)C2CC2)cc1. The quantitative estimate of drug-likeness (QED) is 0.752. The number of nitrogens with one attached hydrogen (secondary N) is 1. The number of carbonyl (C=O) groups is 1. The smallest absolute Gasteiger partial charge is 0.257 e. The summed E-state index contributed by atoms with van der Waals surface area (Å²) >= 11 is 0. The Hall–Kier alpha value is -1.75. The summed E-state index contributed by atoms with van der Waals surface area (Å²) < 4.78 is 10.7. The van der Waals surface area contributed by atoms with Crippen LogP contribution in [0.15, 0.2) is 24.3 Å². The van der Waals surface area contributed by atoms with E-state index in [1.807, 2.05) is 19.1 Å². The molecule has 0 aromatic heterocycles. The monoisotopic (exact) mass is 278 g/mol. The van der Waals surface area contributed by atoms with Gasteiger partial charge in [0, 0.05) is 12.6 Å². The van der Waals surface area contributed by atoms with Crippen molar-refractivity contribution in [3.8, 4) is 11.5 Å². The summed E-state index contributed by atoms with van der Waals surface area (Å²) in [6.45, 7) is 3.09. The van der Waals surface area contributed by atoms with Crippen LogP contribution in [0.3, 0.4) is 0 Å². The van der Waals surface area contributed by atoms with Gasteiger partial charge in [-0.25, -0.2) is 0 Å². The summed E-state index contributed by atoms with van der Waals surface area (Å²) in [7, 11) is 0. The average Bonchev–Trinajstić information content (AvgIpc) is 3.29. The highest BCUT2D eigenvalue weighted by molar-refractivity contribution is 5.77. The van der Waals surface area contributed by atoms with Crippen molar-refractivity contribution in [1.82, 2.24) is 5.32 Å². The zero-order valence-corrected chi connectivity index (χ0v) is 11.8. The summed E-state index contributed by atoms with van der Waals surface area (Å²) in [4.78, 5) is 11.6. The van der Waals surface area contributed by atoms with Crippen LogP contribution in [0, 0.1) is 5.92 Å². The van der Waals surface area contributed by atoms with E-state index in [0.29, 0.717) is 24.8 Å². The zero-order valence-electron chi connectivity index (χ0n) is 11.8. The Morgan fingerprint density at radius 1 is 1.30 bits per heavy atom. The van der Waals surface area contributed by atoms with E-state index in [2.05, 4.69) is 5.32 Å². The van der Waals surface area contributed by atoms with Crippen LogP contribution in [0.5, 0.6) is 11.5 Å². The Balaban J connectivity index is 1.66. The van der Waals surface area contributed by atoms with Gasteiger partial charge in [0.15, 0.2) is 6.61 Å². The maximum atomic E-state index is 11.6. The van der Waals surface area contributed by atoms with E-state index in [9.17, 15) is 4.79 Å². The molecule has 2 rings (SSSR count). The molecule has 0 heterocycles. The molecule has 3 N–H and O–H groups in total. The average molecular weight is 278 g/mol. The molecule has 1 atom stereocenters. The molecule has 110 valence electrons. The molecule has 1 aliphatic carbocycles. The van der Waals surface area contributed by atoms with Gasteiger partial charge in [-0.05, 0) is 49.9 Å². The lowest BCUT2D eigenvalue weighted by Crippen LogP contribution is -2.40. The molecule has 0 aliphatic heterocycles. The molecule has 1 aromatic carbocycles. The van der Waals surface area contributed by atoms with Gasteiger partial charge in [-0.2, -0.15) is 0 Å². The van der Waals surface area contributed by atoms with Crippen molar-refractivity contribution in [2.75, 3.05) is 19.8 Å². The van der Waals surface area contributed by atoms with Gasteiger partial charge in [-0.1, -0.05) is 0 Å². The maximum Gasteiger partial charge on any atom is 0.257 e. The summed E-state index contributed by atoms with van der Waals surface area (Å²) in [6.07, 6.45) is 2.36. The van der Waals surface area contributed by atoms with Gasteiger partial charge in [0.25, 0.3) is 5.91 Å². The molecule has 1 amide bonds. The predicted octanol–water partition coefficient (Wildman–Crippen LogP) is 1.32. The van der Waals surface area contributed by atoms with Gasteiger partial charge in [0.05, 0.1) is 6.61 Å². The molecule has 0 spiro atoms. The number of ether oxygens (including phenoxy) is 2. The third-order valence-electron chi connectivity index (χ3n) is 3.27. The summed E-state index contributed by atoms with van der Waals surface area (Å²) in [5.74, 6) is 1.88. The van der Waals surface area contributed by atoms with Gasteiger partial charge in [0.2, 0.25) is 0 Å². The fourth-order valence-electron chi connectivity index (χ4n) is 1.92. The fraction of sp³-hybridized carbons (Fsp3) is 0.533. The third kappa shape index (κ3) is 4.74. The molecule has 0 bridgehead atoms. The predicted molar refractivity (Wildman–Crippen MR) is 76.8 cm³/mol. The molecule has 5 nitrogen and oxygen atoms in total. The van der Waals surface area contributed by atoms with Gasteiger partial charge in [-0.15, -0.1) is 0 Å². The van der Waals surface area contributed by atoms with Crippen LogP contribution in [-0.2, 0) is 4.79 Å². The summed E-state index contributed by atoms with van der Waals surface area (Å²) in [6, 6.07) is 7.28. The van der Waals surface area contributed by atoms with Crippen LogP contribution < -0.4 is 20.5 Å². The Bertz CT molecular complexity index is 429. The van der Waals surface area contributed by atoms with Crippen LogP contribution in [0.25, 0.3) is 0 Å². The molecule has 5 heteroatoms. The Morgan fingerprint density at radius 3 is 2.45 bits per heavy atom. The van der Waals surface area contributed by atoms with Crippen LogP contribution in [-0.4, -0.2) is 31.7 Å². The van der Waals surface area contributed by atoms with Crippen LogP contribution in [0.2, 0.25) is 0 Å². The van der Waals surface area contributed by atoms with E-state index in [0.717, 1.165) is 5.75 Å². The van der Waals surface area contributed by atoms with Crippen molar-refractivity contribution in [2.45, 2.75) is 25.8 Å². The van der Waals surface area contributed by atoms with E-state index < -0.39 is 0 Å². The molecule has 1 unspecified atom stereocenters. The van der Waals surface area contributed by atoms with E-state index in [1.54, 1.807) is 12.1 Å². The fourth-order valence-corrected chi connectivity index (χ4v) is 1.92. The second-order valence-corrected chi connectivity index (χ2v) is 5.00. The molecular weight excluding hydrogens is 256 g/mol. The topological polar surface area (TPSA) is 73.6 Å². The van der Waals surface area contributed by atoms with Crippen molar-refractivity contribution < 1.29 is 14.3 Å². The first-order chi connectivity index (χ1) is 9.69. The van der Waals surface area contributed by atoms with Gasteiger partial charge >= 0.3 is 0 Å². The number of carbonyl (C=O) groups excluding carboxylic acids is 1. The first-order valence-electron chi connectivity index (χ1n) is 7.07. The lowest BCUT2D eigenvalue weighted by atomic mass is 10.2. The minimum absolute atomic E-state index is 0.00533. The molecule has 0 radical (unpaired) electrons. The van der Waals surface area contributed by atoms with Crippen molar-refractivity contribution in [2.24, 2.45) is 11.7 Å². The molecule has 1 aliphatic rings. The second kappa shape index (κ2) is 7.14. The van der Waals surface area contributed by atoms with Gasteiger partial charge in [-0.3, -0.25) is 4.79 Å². The van der Waals surface area contributed by atoms with Crippen molar-refractivity contribution in [3.63, 3.8) is 0 Å². The number of benzene rings is 1. The Morgan fingerprint density at radius 2 is 1.90 bits per heavy atom. The normalized spacial score (nSPS) is 15.5. The highest BCUT2D eigenvalue weighted by atomic mass is 16.5. The van der Waals surface area contributed by atoms with Gasteiger partial charge in [0.1, 0.15) is 11.5 Å². The number of hydrogen-bond donors (Lipinski definition) is 2. The molecule has 1 aromatic rings. The first-order valence-corrected chi connectivity index (χ1v) is 7.07. The number of rotatable bonds is 8. The van der Waals surface area contributed by atoms with Gasteiger partial charge < -0.3 is 20.5 Å². The van der Waals surface area contributed by atoms with E-state index >= 15 is 0 Å².